The number of nitrogens with two attached hydrogens (primary N) is 4. The van der Waals surface area contributed by atoms with Gasteiger partial charge in [0, 0.05) is 0 Å². The molecule has 8 N–H and O–H groups in total. The molecule has 0 aliphatic rings. The van der Waals surface area contributed by atoms with Crippen molar-refractivity contribution >= 4 is 33.4 Å². The zero-order chi connectivity index (χ0) is 34.5. The Morgan fingerprint density at radius 1 is 0.681 bits per heavy atom. The van der Waals surface area contributed by atoms with Gasteiger partial charge in [-0.25, -0.2) is 9.97 Å². The maximum absolute atomic E-state index is 13.5. The fourth-order valence-corrected chi connectivity index (χ4v) is 4.71. The molecular formula is C28H34N8O10S. The quantitative estimate of drug-likeness (QED) is 0.144. The Morgan fingerprint density at radius 3 is 1.40 bits per heavy atom. The smallest absolute Gasteiger partial charge is 0.497 e. The fraction of sp³-hybridized carbons (Fsp3) is 0.286. The second-order valence-electron chi connectivity index (χ2n) is 9.65. The minimum atomic E-state index is -5.43. The van der Waals surface area contributed by atoms with E-state index in [4.69, 9.17) is 50.4 Å². The fourth-order valence-electron chi connectivity index (χ4n) is 4.04. The first-order chi connectivity index (χ1) is 22.3. The molecule has 4 rings (SSSR count). The zero-order valence-electron chi connectivity index (χ0n) is 25.9. The minimum absolute atomic E-state index is 0.0437. The molecule has 0 amide bonds. The highest BCUT2D eigenvalue weighted by molar-refractivity contribution is 7.82. The lowest BCUT2D eigenvalue weighted by Gasteiger charge is -2.19. The summed E-state index contributed by atoms with van der Waals surface area (Å²) >= 11 is 0. The first-order valence-corrected chi connectivity index (χ1v) is 15.3. The van der Waals surface area contributed by atoms with Crippen LogP contribution in [0.2, 0.25) is 0 Å². The van der Waals surface area contributed by atoms with Gasteiger partial charge in [-0.15, -0.1) is 17.9 Å². The second kappa shape index (κ2) is 14.1. The largest absolute Gasteiger partial charge is 0.540 e. The van der Waals surface area contributed by atoms with E-state index in [1.807, 2.05) is 13.8 Å². The molecule has 0 spiro atoms. The highest BCUT2D eigenvalue weighted by Gasteiger charge is 2.29. The van der Waals surface area contributed by atoms with Crippen LogP contribution in [0.15, 0.2) is 46.0 Å². The maximum atomic E-state index is 13.5. The summed E-state index contributed by atoms with van der Waals surface area (Å²) in [5, 5.41) is 0. The van der Waals surface area contributed by atoms with Crippen LogP contribution >= 0.6 is 0 Å². The molecule has 0 bridgehead atoms. The predicted octanol–water partition coefficient (Wildman–Crippen LogP) is 0.860. The number of anilines is 4. The van der Waals surface area contributed by atoms with Gasteiger partial charge in [0.15, 0.2) is 23.3 Å². The van der Waals surface area contributed by atoms with Gasteiger partial charge in [-0.3, -0.25) is 18.2 Å². The Kier molecular flexibility index (Phi) is 10.2. The van der Waals surface area contributed by atoms with Crippen LogP contribution in [0.25, 0.3) is 22.8 Å². The van der Waals surface area contributed by atoms with E-state index in [2.05, 4.69) is 9.97 Å². The van der Waals surface area contributed by atoms with Crippen LogP contribution in [0.5, 0.6) is 23.0 Å². The maximum Gasteiger partial charge on any atom is 0.540 e. The molecule has 0 radical (unpaired) electrons. The number of hydrogen-bond acceptors (Lipinski definition) is 16. The second-order valence-corrected chi connectivity index (χ2v) is 10.8. The monoisotopic (exact) mass is 674 g/mol. The lowest BCUT2D eigenvalue weighted by Crippen LogP contribution is -2.42. The van der Waals surface area contributed by atoms with E-state index in [0.29, 0.717) is 12.8 Å². The highest BCUT2D eigenvalue weighted by atomic mass is 32.3. The first-order valence-electron chi connectivity index (χ1n) is 14.0. The molecule has 4 aromatic rings. The van der Waals surface area contributed by atoms with Crippen molar-refractivity contribution in [2.45, 2.75) is 26.7 Å². The van der Waals surface area contributed by atoms with E-state index in [1.165, 1.54) is 38.5 Å². The summed E-state index contributed by atoms with van der Waals surface area (Å²) in [6.07, 6.45) is 1.23. The molecule has 0 aliphatic carbocycles. The summed E-state index contributed by atoms with van der Waals surface area (Å²) in [4.78, 5) is 34.8. The Balaban J connectivity index is 1.90. The molecule has 0 saturated carbocycles. The van der Waals surface area contributed by atoms with Crippen LogP contribution in [-0.2, 0) is 10.4 Å². The SMILES string of the molecule is CCCOc1ccc(OC)cc1-c1nc(N)c(N)c(=O)n1OS(=O)(=O)On1c(-c2cc(OC)ccc2OCCC)nc(N)c(N)c1=O. The minimum Gasteiger partial charge on any atom is -0.497 e. The number of nitrogens with zero attached hydrogens (tertiary/aromatic N) is 4. The third kappa shape index (κ3) is 7.19. The van der Waals surface area contributed by atoms with Crippen molar-refractivity contribution in [3.8, 4) is 45.8 Å². The molecule has 0 aliphatic heterocycles. The lowest BCUT2D eigenvalue weighted by atomic mass is 10.1. The van der Waals surface area contributed by atoms with Gasteiger partial charge in [-0.1, -0.05) is 13.8 Å². The predicted molar refractivity (Wildman–Crippen MR) is 172 cm³/mol. The standard InChI is InChI=1S/C28H34N8O10S/c1-5-11-43-19-9-7-15(41-3)13-17(19)25-33-23(31)21(29)27(37)35(25)45-47(39,40)46-36-26(34-24(32)22(30)28(36)38)18-14-16(42-4)8-10-20(18)44-12-6-2/h7-10,13-14H,5-6,11-12,29-32H2,1-4H3. The Hall–Kier alpha value is -5.85. The van der Waals surface area contributed by atoms with Crippen LogP contribution in [0.3, 0.4) is 0 Å². The summed E-state index contributed by atoms with van der Waals surface area (Å²) in [6, 6.07) is 8.98. The zero-order valence-corrected chi connectivity index (χ0v) is 26.7. The molecule has 0 atom stereocenters. The molecule has 18 nitrogen and oxygen atoms in total. The first kappa shape index (κ1) is 34.0. The van der Waals surface area contributed by atoms with Crippen molar-refractivity contribution in [3.63, 3.8) is 0 Å². The highest BCUT2D eigenvalue weighted by Crippen LogP contribution is 2.34. The molecular weight excluding hydrogens is 640 g/mol. The lowest BCUT2D eigenvalue weighted by molar-refractivity contribution is 0.176. The number of methoxy groups -OCH3 is 2. The van der Waals surface area contributed by atoms with Gasteiger partial charge in [-0.05, 0) is 49.2 Å². The molecule has 2 heterocycles. The van der Waals surface area contributed by atoms with Gasteiger partial charge in [0.25, 0.3) is 0 Å². The van der Waals surface area contributed by atoms with E-state index >= 15 is 0 Å². The Labute approximate surface area is 268 Å². The number of nitrogen functional groups attached to an aromatic ring is 4. The van der Waals surface area contributed by atoms with Crippen molar-refractivity contribution in [1.82, 2.24) is 19.4 Å². The van der Waals surface area contributed by atoms with Gasteiger partial charge in [0.1, 0.15) is 34.4 Å². The van der Waals surface area contributed by atoms with Crippen molar-refractivity contribution < 1.29 is 35.9 Å². The molecule has 47 heavy (non-hydrogen) atoms. The van der Waals surface area contributed by atoms with Gasteiger partial charge >= 0.3 is 21.5 Å². The van der Waals surface area contributed by atoms with E-state index in [0.717, 1.165) is 0 Å². The normalized spacial score (nSPS) is 11.1. The Bertz CT molecular complexity index is 1880. The van der Waals surface area contributed by atoms with Crippen LogP contribution in [-0.4, -0.2) is 55.3 Å². The molecule has 0 saturated heterocycles. The van der Waals surface area contributed by atoms with Crippen LogP contribution in [0.1, 0.15) is 26.7 Å². The third-order valence-corrected chi connectivity index (χ3v) is 6.99. The summed E-state index contributed by atoms with van der Waals surface area (Å²) in [6.45, 7) is 4.24. The van der Waals surface area contributed by atoms with Gasteiger partial charge in [0.05, 0.1) is 38.6 Å². The van der Waals surface area contributed by atoms with Crippen LogP contribution < -0.4 is 61.6 Å². The molecule has 0 unspecified atom stereocenters. The number of benzene rings is 2. The van der Waals surface area contributed by atoms with E-state index < -0.39 is 56.2 Å². The van der Waals surface area contributed by atoms with Crippen molar-refractivity contribution in [2.24, 2.45) is 0 Å². The molecule has 19 heteroatoms. The number of hydrogen-bond donors (Lipinski definition) is 4. The Morgan fingerprint density at radius 2 is 1.06 bits per heavy atom. The molecule has 2 aromatic heterocycles. The average molecular weight is 675 g/mol. The molecule has 252 valence electrons. The van der Waals surface area contributed by atoms with E-state index in [9.17, 15) is 18.0 Å². The van der Waals surface area contributed by atoms with Gasteiger partial charge < -0.3 is 41.9 Å². The van der Waals surface area contributed by atoms with Gasteiger partial charge in [0.2, 0.25) is 0 Å². The molecule has 2 aromatic carbocycles. The average Bonchev–Trinajstić information content (AvgIpc) is 3.06. The van der Waals surface area contributed by atoms with Gasteiger partial charge in [-0.2, -0.15) is 0 Å². The third-order valence-electron chi connectivity index (χ3n) is 6.33. The number of ether oxygens (including phenoxy) is 4. The summed E-state index contributed by atoms with van der Waals surface area (Å²) in [5.41, 5.74) is 19.7. The van der Waals surface area contributed by atoms with Crippen LogP contribution in [0.4, 0.5) is 23.0 Å². The van der Waals surface area contributed by atoms with E-state index in [-0.39, 0.29) is 56.8 Å². The van der Waals surface area contributed by atoms with E-state index in [1.54, 1.807) is 12.1 Å². The van der Waals surface area contributed by atoms with Crippen LogP contribution in [0, 0.1) is 0 Å². The van der Waals surface area contributed by atoms with Crippen molar-refractivity contribution in [1.29, 1.82) is 0 Å². The van der Waals surface area contributed by atoms with Crippen molar-refractivity contribution in [3.05, 3.63) is 57.1 Å². The topological polar surface area (TPSA) is 263 Å². The van der Waals surface area contributed by atoms with Crippen molar-refractivity contribution in [2.75, 3.05) is 50.4 Å². The summed E-state index contributed by atoms with van der Waals surface area (Å²) in [7, 11) is -2.65. The number of rotatable bonds is 14. The number of aromatic nitrogens is 4. The summed E-state index contributed by atoms with van der Waals surface area (Å²) in [5.74, 6) is -0.847. The molecule has 0 fully saturated rings. The summed E-state index contributed by atoms with van der Waals surface area (Å²) < 4.78 is 59.8.